The number of alkyl halides is 1. The van der Waals surface area contributed by atoms with Crippen LogP contribution in [0.15, 0.2) is 54.6 Å². The standard InChI is InChI=1S/C20H23FN2O2.ClH/c21-20(16-5-4-8-18(24)15-16)10-13-23(14-11-20)12-9-19(25)22-17-6-2-1-3-7-17;/h1-8,15,24H,9-14H2,(H,22,25);1H. The number of anilines is 1. The van der Waals surface area contributed by atoms with Gasteiger partial charge in [-0.1, -0.05) is 30.3 Å². The number of amides is 1. The lowest BCUT2D eigenvalue weighted by molar-refractivity contribution is -0.116. The average molecular weight is 379 g/mol. The zero-order chi connectivity index (χ0) is 17.7. The molecule has 3 rings (SSSR count). The summed E-state index contributed by atoms with van der Waals surface area (Å²) in [6.45, 7) is 1.82. The number of carbonyl (C=O) groups is 1. The highest BCUT2D eigenvalue weighted by Gasteiger charge is 2.36. The summed E-state index contributed by atoms with van der Waals surface area (Å²) in [6.07, 6.45) is 1.13. The largest absolute Gasteiger partial charge is 0.508 e. The lowest BCUT2D eigenvalue weighted by atomic mass is 9.86. The van der Waals surface area contributed by atoms with Gasteiger partial charge < -0.3 is 15.3 Å². The number of hydrogen-bond donors (Lipinski definition) is 2. The van der Waals surface area contributed by atoms with E-state index in [9.17, 15) is 9.90 Å². The number of rotatable bonds is 5. The van der Waals surface area contributed by atoms with Crippen LogP contribution in [-0.4, -0.2) is 35.5 Å². The Kier molecular flexibility index (Phi) is 7.00. The minimum absolute atomic E-state index is 0. The topological polar surface area (TPSA) is 52.6 Å². The monoisotopic (exact) mass is 378 g/mol. The summed E-state index contributed by atoms with van der Waals surface area (Å²) in [6, 6.07) is 15.8. The second kappa shape index (κ2) is 9.01. The Bertz CT molecular complexity index is 719. The van der Waals surface area contributed by atoms with Gasteiger partial charge in [0.05, 0.1) is 0 Å². The summed E-state index contributed by atoms with van der Waals surface area (Å²) in [5, 5.41) is 12.4. The highest BCUT2D eigenvalue weighted by molar-refractivity contribution is 5.90. The van der Waals surface area contributed by atoms with Crippen LogP contribution in [0, 0.1) is 0 Å². The Morgan fingerprint density at radius 3 is 2.46 bits per heavy atom. The molecule has 0 radical (unpaired) electrons. The van der Waals surface area contributed by atoms with Crippen LogP contribution >= 0.6 is 12.4 Å². The van der Waals surface area contributed by atoms with Crippen molar-refractivity contribution in [1.29, 1.82) is 0 Å². The number of benzene rings is 2. The molecule has 2 aromatic carbocycles. The van der Waals surface area contributed by atoms with E-state index in [1.807, 2.05) is 30.3 Å². The number of likely N-dealkylation sites (tertiary alicyclic amines) is 1. The number of halogens is 2. The number of aromatic hydroxyl groups is 1. The molecule has 1 saturated heterocycles. The van der Waals surface area contributed by atoms with E-state index in [2.05, 4.69) is 10.2 Å². The fourth-order valence-corrected chi connectivity index (χ4v) is 3.21. The molecule has 0 aliphatic carbocycles. The van der Waals surface area contributed by atoms with Crippen LogP contribution in [0.5, 0.6) is 5.75 Å². The third-order valence-corrected chi connectivity index (χ3v) is 4.72. The molecule has 1 aliphatic rings. The first-order valence-corrected chi connectivity index (χ1v) is 8.61. The molecule has 0 aromatic heterocycles. The minimum Gasteiger partial charge on any atom is -0.508 e. The summed E-state index contributed by atoms with van der Waals surface area (Å²) in [5.41, 5.74) is -0.0755. The maximum Gasteiger partial charge on any atom is 0.225 e. The van der Waals surface area contributed by atoms with Gasteiger partial charge in [0, 0.05) is 31.7 Å². The molecule has 1 fully saturated rings. The van der Waals surface area contributed by atoms with Gasteiger partial charge in [-0.05, 0) is 42.7 Å². The Hall–Kier alpha value is -2.11. The van der Waals surface area contributed by atoms with Crippen molar-refractivity contribution in [2.75, 3.05) is 25.0 Å². The molecule has 0 atom stereocenters. The van der Waals surface area contributed by atoms with Crippen molar-refractivity contribution in [2.24, 2.45) is 0 Å². The zero-order valence-corrected chi connectivity index (χ0v) is 15.3. The van der Waals surface area contributed by atoms with E-state index in [4.69, 9.17) is 0 Å². The first-order valence-electron chi connectivity index (χ1n) is 8.61. The lowest BCUT2D eigenvalue weighted by Crippen LogP contribution is -2.41. The number of piperidine rings is 1. The summed E-state index contributed by atoms with van der Waals surface area (Å²) in [5.74, 6) is 0.0609. The molecule has 1 heterocycles. The Morgan fingerprint density at radius 2 is 1.81 bits per heavy atom. The molecule has 1 amide bonds. The molecule has 140 valence electrons. The SMILES string of the molecule is Cl.O=C(CCN1CCC(F)(c2cccc(O)c2)CC1)Nc1ccccc1. The van der Waals surface area contributed by atoms with Crippen molar-refractivity contribution < 1.29 is 14.3 Å². The van der Waals surface area contributed by atoms with Crippen LogP contribution in [-0.2, 0) is 10.5 Å². The molecule has 26 heavy (non-hydrogen) atoms. The molecule has 2 N–H and O–H groups in total. The van der Waals surface area contributed by atoms with E-state index in [0.29, 0.717) is 44.5 Å². The number of nitrogens with zero attached hydrogens (tertiary/aromatic N) is 1. The Morgan fingerprint density at radius 1 is 1.12 bits per heavy atom. The van der Waals surface area contributed by atoms with Crippen LogP contribution in [0.2, 0.25) is 0 Å². The molecule has 6 heteroatoms. The second-order valence-corrected chi connectivity index (χ2v) is 6.52. The van der Waals surface area contributed by atoms with Crippen LogP contribution in [0.4, 0.5) is 10.1 Å². The first-order chi connectivity index (χ1) is 12.0. The van der Waals surface area contributed by atoms with Gasteiger partial charge in [0.15, 0.2) is 0 Å². The van der Waals surface area contributed by atoms with E-state index in [1.165, 1.54) is 6.07 Å². The molecule has 2 aromatic rings. The predicted molar refractivity (Wildman–Crippen MR) is 104 cm³/mol. The fourth-order valence-electron chi connectivity index (χ4n) is 3.21. The number of phenolic OH excluding ortho intramolecular Hbond substituents is 1. The van der Waals surface area contributed by atoms with Gasteiger partial charge in [-0.2, -0.15) is 0 Å². The highest BCUT2D eigenvalue weighted by atomic mass is 35.5. The molecule has 0 unspecified atom stereocenters. The van der Waals surface area contributed by atoms with Gasteiger partial charge >= 0.3 is 0 Å². The second-order valence-electron chi connectivity index (χ2n) is 6.52. The van der Waals surface area contributed by atoms with Crippen LogP contribution < -0.4 is 5.32 Å². The van der Waals surface area contributed by atoms with Crippen LogP contribution in [0.1, 0.15) is 24.8 Å². The molecular formula is C20H24ClFN2O2. The molecule has 0 bridgehead atoms. The van der Waals surface area contributed by atoms with Crippen molar-refractivity contribution >= 4 is 24.0 Å². The predicted octanol–water partition coefficient (Wildman–Crippen LogP) is 4.10. The van der Waals surface area contributed by atoms with E-state index in [1.54, 1.807) is 18.2 Å². The number of para-hydroxylation sites is 1. The molecule has 0 saturated carbocycles. The van der Waals surface area contributed by atoms with Crippen molar-refractivity contribution in [2.45, 2.75) is 24.9 Å². The van der Waals surface area contributed by atoms with E-state index in [-0.39, 0.29) is 24.1 Å². The third-order valence-electron chi connectivity index (χ3n) is 4.72. The smallest absolute Gasteiger partial charge is 0.225 e. The third kappa shape index (κ3) is 5.19. The van der Waals surface area contributed by atoms with Crippen molar-refractivity contribution in [3.05, 3.63) is 60.2 Å². The molecule has 1 aliphatic heterocycles. The number of phenols is 1. The van der Waals surface area contributed by atoms with Gasteiger partial charge in [-0.15, -0.1) is 12.4 Å². The molecular weight excluding hydrogens is 355 g/mol. The fraction of sp³-hybridized carbons (Fsp3) is 0.350. The maximum absolute atomic E-state index is 15.1. The normalized spacial score (nSPS) is 16.5. The Labute approximate surface area is 159 Å². The summed E-state index contributed by atoms with van der Waals surface area (Å²) in [7, 11) is 0. The minimum atomic E-state index is -1.40. The summed E-state index contributed by atoms with van der Waals surface area (Å²) in [4.78, 5) is 14.1. The van der Waals surface area contributed by atoms with Gasteiger partial charge in [-0.3, -0.25) is 4.79 Å². The van der Waals surface area contributed by atoms with Gasteiger partial charge in [0.25, 0.3) is 0 Å². The van der Waals surface area contributed by atoms with Gasteiger partial charge in [0.2, 0.25) is 5.91 Å². The van der Waals surface area contributed by atoms with Crippen LogP contribution in [0.25, 0.3) is 0 Å². The number of carbonyl (C=O) groups excluding carboxylic acids is 1. The molecule has 0 spiro atoms. The van der Waals surface area contributed by atoms with Crippen molar-refractivity contribution in [3.8, 4) is 5.75 Å². The van der Waals surface area contributed by atoms with E-state index in [0.717, 1.165) is 5.69 Å². The maximum atomic E-state index is 15.1. The van der Waals surface area contributed by atoms with Gasteiger partial charge in [0.1, 0.15) is 11.4 Å². The van der Waals surface area contributed by atoms with E-state index < -0.39 is 5.67 Å². The average Bonchev–Trinajstić information content (AvgIpc) is 2.62. The van der Waals surface area contributed by atoms with Crippen molar-refractivity contribution in [1.82, 2.24) is 4.90 Å². The summed E-state index contributed by atoms with van der Waals surface area (Å²) >= 11 is 0. The quantitative estimate of drug-likeness (QED) is 0.823. The van der Waals surface area contributed by atoms with Crippen LogP contribution in [0.3, 0.4) is 0 Å². The first kappa shape index (κ1) is 20.2. The summed E-state index contributed by atoms with van der Waals surface area (Å²) < 4.78 is 15.1. The van der Waals surface area contributed by atoms with Crippen molar-refractivity contribution in [3.63, 3.8) is 0 Å². The number of nitrogens with one attached hydrogen (secondary N) is 1. The zero-order valence-electron chi connectivity index (χ0n) is 14.5. The highest BCUT2D eigenvalue weighted by Crippen LogP contribution is 2.38. The van der Waals surface area contributed by atoms with Gasteiger partial charge in [-0.25, -0.2) is 4.39 Å². The molecule has 4 nitrogen and oxygen atoms in total. The van der Waals surface area contributed by atoms with E-state index >= 15 is 4.39 Å². The number of hydrogen-bond acceptors (Lipinski definition) is 3. The Balaban J connectivity index is 0.00000243. The lowest BCUT2D eigenvalue weighted by Gasteiger charge is -2.36.